The van der Waals surface area contributed by atoms with Gasteiger partial charge >= 0.3 is 0 Å². The average molecular weight is 188 g/mol. The van der Waals surface area contributed by atoms with Gasteiger partial charge in [0.15, 0.2) is 0 Å². The summed E-state index contributed by atoms with van der Waals surface area (Å²) in [6, 6.07) is 11.7. The molecule has 1 aromatic carbocycles. The van der Waals surface area contributed by atoms with Gasteiger partial charge in [-0.15, -0.1) is 0 Å². The highest BCUT2D eigenvalue weighted by Gasteiger charge is 2.12. The van der Waals surface area contributed by atoms with E-state index in [-0.39, 0.29) is 8.41 Å². The summed E-state index contributed by atoms with van der Waals surface area (Å²) >= 11 is 0. The maximum Gasteiger partial charge on any atom is 0.0370 e. The summed E-state index contributed by atoms with van der Waals surface area (Å²) in [7, 11) is 0. The topological polar surface area (TPSA) is 3.24 Å². The summed E-state index contributed by atoms with van der Waals surface area (Å²) in [5.74, 6) is 0. The predicted octanol–water partition coefficient (Wildman–Crippen LogP) is 2.93. The van der Waals surface area contributed by atoms with Gasteiger partial charge in [0, 0.05) is 26.2 Å². The van der Waals surface area contributed by atoms with Gasteiger partial charge in [-0.1, -0.05) is 18.2 Å². The van der Waals surface area contributed by atoms with Crippen LogP contribution in [-0.2, 0) is 0 Å². The molecule has 0 aliphatic carbocycles. The Labute approximate surface area is 89.7 Å². The van der Waals surface area contributed by atoms with Crippen LogP contribution in [0.1, 0.15) is 27.7 Å². The molecule has 1 nitrogen and oxygen atoms in total. The number of nitrogens with zero attached hydrogens (tertiary/aromatic N) is 1. The Kier molecular flexibility index (Phi) is 5.36. The van der Waals surface area contributed by atoms with Crippen LogP contribution < -0.4 is 4.90 Å². The largest absolute Gasteiger partial charge is 0.367 e. The number of benzene rings is 1. The second-order valence-corrected chi connectivity index (χ2v) is 3.93. The van der Waals surface area contributed by atoms with E-state index in [2.05, 4.69) is 62.9 Å². The van der Waals surface area contributed by atoms with Crippen LogP contribution in [0.5, 0.6) is 0 Å². The van der Waals surface area contributed by atoms with Crippen LogP contribution in [0.25, 0.3) is 0 Å². The molecule has 0 saturated carbocycles. The second kappa shape index (κ2) is 5.74. The highest BCUT2D eigenvalue weighted by atomic mass is 15.2. The lowest BCUT2D eigenvalue weighted by Gasteiger charge is -2.33. The normalized spacial score (nSPS) is 10.1. The maximum atomic E-state index is 2.42. The first-order chi connectivity index (χ1) is 6.13. The number of hydrogen-bond donors (Lipinski definition) is 0. The van der Waals surface area contributed by atoms with Crippen molar-refractivity contribution in [3.63, 3.8) is 0 Å². The molecule has 0 aliphatic rings. The Bertz CT molecular complexity index is 236. The molecular formula is C12H19BN. The molecule has 0 heterocycles. The smallest absolute Gasteiger partial charge is 0.0370 e. The van der Waals surface area contributed by atoms with Gasteiger partial charge in [0.05, 0.1) is 0 Å². The molecule has 0 amide bonds. The van der Waals surface area contributed by atoms with Crippen molar-refractivity contribution < 1.29 is 0 Å². The summed E-state index contributed by atoms with van der Waals surface area (Å²) in [4.78, 5) is 2.42. The van der Waals surface area contributed by atoms with Crippen LogP contribution in [0.3, 0.4) is 0 Å². The van der Waals surface area contributed by atoms with E-state index >= 15 is 0 Å². The van der Waals surface area contributed by atoms with Gasteiger partial charge in [0.2, 0.25) is 0 Å². The quantitative estimate of drug-likeness (QED) is 0.659. The van der Waals surface area contributed by atoms with E-state index in [9.17, 15) is 0 Å². The van der Waals surface area contributed by atoms with E-state index in [1.54, 1.807) is 0 Å². The van der Waals surface area contributed by atoms with Crippen molar-refractivity contribution in [1.29, 1.82) is 0 Å². The number of anilines is 1. The molecule has 0 aliphatic heterocycles. The lowest BCUT2D eigenvalue weighted by molar-refractivity contribution is 0.608. The Morgan fingerprint density at radius 2 is 1.29 bits per heavy atom. The van der Waals surface area contributed by atoms with Crippen molar-refractivity contribution in [2.75, 3.05) is 4.90 Å². The fraction of sp³-hybridized carbons (Fsp3) is 0.500. The van der Waals surface area contributed by atoms with Crippen molar-refractivity contribution in [3.05, 3.63) is 30.3 Å². The number of rotatable bonds is 3. The zero-order chi connectivity index (χ0) is 9.84. The molecule has 1 aromatic rings. The Morgan fingerprint density at radius 3 is 1.64 bits per heavy atom. The summed E-state index contributed by atoms with van der Waals surface area (Å²) in [5.41, 5.74) is 1.31. The number of para-hydroxylation sites is 1. The van der Waals surface area contributed by atoms with Crippen molar-refractivity contribution in [2.24, 2.45) is 0 Å². The minimum atomic E-state index is 0. The van der Waals surface area contributed by atoms with Crippen LogP contribution in [0.4, 0.5) is 5.69 Å². The molecular weight excluding hydrogens is 169 g/mol. The minimum absolute atomic E-state index is 0. The van der Waals surface area contributed by atoms with Crippen molar-refractivity contribution in [2.45, 2.75) is 39.8 Å². The third kappa shape index (κ3) is 3.10. The van der Waals surface area contributed by atoms with Crippen LogP contribution in [0, 0.1) is 0 Å². The zero-order valence-corrected chi connectivity index (χ0v) is 9.57. The lowest BCUT2D eigenvalue weighted by atomic mass is 10.2. The molecule has 0 atom stereocenters. The van der Waals surface area contributed by atoms with Crippen LogP contribution in [-0.4, -0.2) is 20.5 Å². The highest BCUT2D eigenvalue weighted by molar-refractivity contribution is 5.75. The molecule has 0 bridgehead atoms. The maximum absolute atomic E-state index is 2.42. The van der Waals surface area contributed by atoms with Gasteiger partial charge in [-0.25, -0.2) is 0 Å². The van der Waals surface area contributed by atoms with Gasteiger partial charge in [-0.3, -0.25) is 0 Å². The third-order valence-corrected chi connectivity index (χ3v) is 2.17. The van der Waals surface area contributed by atoms with E-state index in [4.69, 9.17) is 0 Å². The Morgan fingerprint density at radius 1 is 0.857 bits per heavy atom. The molecule has 3 radical (unpaired) electrons. The van der Waals surface area contributed by atoms with Gasteiger partial charge in [-0.2, -0.15) is 0 Å². The van der Waals surface area contributed by atoms with Crippen LogP contribution >= 0.6 is 0 Å². The van der Waals surface area contributed by atoms with Gasteiger partial charge in [-0.05, 0) is 39.8 Å². The summed E-state index contributed by atoms with van der Waals surface area (Å²) in [6.45, 7) is 8.92. The second-order valence-electron chi connectivity index (χ2n) is 3.93. The van der Waals surface area contributed by atoms with Gasteiger partial charge in [0.25, 0.3) is 0 Å². The van der Waals surface area contributed by atoms with E-state index in [0.29, 0.717) is 12.1 Å². The van der Waals surface area contributed by atoms with Crippen molar-refractivity contribution in [1.82, 2.24) is 0 Å². The highest BCUT2D eigenvalue weighted by Crippen LogP contribution is 2.18. The van der Waals surface area contributed by atoms with Crippen molar-refractivity contribution >= 4 is 14.1 Å². The molecule has 2 heteroatoms. The first-order valence-corrected chi connectivity index (χ1v) is 4.96. The third-order valence-electron chi connectivity index (χ3n) is 2.17. The monoisotopic (exact) mass is 188 g/mol. The molecule has 14 heavy (non-hydrogen) atoms. The standard InChI is InChI=1S/C12H19N.B/c1-10(2)13(11(3)4)12-8-6-5-7-9-12;/h5-11H,1-4H3;. The molecule has 0 spiro atoms. The summed E-state index contributed by atoms with van der Waals surface area (Å²) in [6.07, 6.45) is 0. The first-order valence-electron chi connectivity index (χ1n) is 4.96. The summed E-state index contributed by atoms with van der Waals surface area (Å²) < 4.78 is 0. The molecule has 0 fully saturated rings. The van der Waals surface area contributed by atoms with E-state index < -0.39 is 0 Å². The van der Waals surface area contributed by atoms with Gasteiger partial charge < -0.3 is 4.90 Å². The fourth-order valence-electron chi connectivity index (χ4n) is 1.79. The van der Waals surface area contributed by atoms with Crippen molar-refractivity contribution in [3.8, 4) is 0 Å². The SMILES string of the molecule is CC(C)N(c1ccccc1)C(C)C.[B]. The summed E-state index contributed by atoms with van der Waals surface area (Å²) in [5, 5.41) is 0. The molecule has 0 unspecified atom stereocenters. The fourth-order valence-corrected chi connectivity index (χ4v) is 1.79. The average Bonchev–Trinajstić information content (AvgIpc) is 2.04. The Balaban J connectivity index is 0.00000169. The first kappa shape index (κ1) is 13.1. The van der Waals surface area contributed by atoms with E-state index in [0.717, 1.165) is 0 Å². The molecule has 0 saturated heterocycles. The minimum Gasteiger partial charge on any atom is -0.367 e. The number of hydrogen-bond acceptors (Lipinski definition) is 1. The molecule has 75 valence electrons. The van der Waals surface area contributed by atoms with E-state index in [1.807, 2.05) is 0 Å². The Hall–Kier alpha value is -0.915. The molecule has 1 rings (SSSR count). The van der Waals surface area contributed by atoms with Crippen LogP contribution in [0.15, 0.2) is 30.3 Å². The van der Waals surface area contributed by atoms with E-state index in [1.165, 1.54) is 5.69 Å². The van der Waals surface area contributed by atoms with Gasteiger partial charge in [0.1, 0.15) is 0 Å². The lowest BCUT2D eigenvalue weighted by Crippen LogP contribution is -2.36. The molecule has 0 aromatic heterocycles. The zero-order valence-electron chi connectivity index (χ0n) is 9.57. The molecule has 0 N–H and O–H groups in total. The predicted molar refractivity (Wildman–Crippen MR) is 64.9 cm³/mol. The van der Waals surface area contributed by atoms with Crippen LogP contribution in [0.2, 0.25) is 0 Å².